The van der Waals surface area contributed by atoms with Gasteiger partial charge in [0.25, 0.3) is 5.69 Å². The molecule has 2 N–H and O–H groups in total. The molecule has 0 atom stereocenters. The largest absolute Gasteiger partial charge is 0.480 e. The minimum Gasteiger partial charge on any atom is -0.480 e. The van der Waals surface area contributed by atoms with Crippen LogP contribution in [0.25, 0.3) is 0 Å². The number of carboxylic acids is 1. The van der Waals surface area contributed by atoms with Gasteiger partial charge in [-0.3, -0.25) is 24.7 Å². The predicted molar refractivity (Wildman–Crippen MR) is 130 cm³/mol. The second-order valence-electron chi connectivity index (χ2n) is 9.04. The first-order valence-corrected chi connectivity index (χ1v) is 11.1. The van der Waals surface area contributed by atoms with Crippen molar-refractivity contribution in [2.24, 2.45) is 0 Å². The molecule has 0 unspecified atom stereocenters. The quantitative estimate of drug-likeness (QED) is 0.381. The first-order valence-electron chi connectivity index (χ1n) is 11.1. The molecule has 0 aliphatic rings. The monoisotopic (exact) mass is 468 g/mol. The maximum absolute atomic E-state index is 12.0. The Morgan fingerprint density at radius 3 is 1.97 bits per heavy atom. The Kier molecular flexibility index (Phi) is 13.1. The second kappa shape index (κ2) is 14.3. The van der Waals surface area contributed by atoms with Gasteiger partial charge in [-0.2, -0.15) is 0 Å². The molecule has 0 saturated carbocycles. The van der Waals surface area contributed by atoms with Gasteiger partial charge < -0.3 is 15.2 Å². The Labute approximate surface area is 197 Å². The number of aliphatic carboxylic acids is 1. The summed E-state index contributed by atoms with van der Waals surface area (Å²) in [5, 5.41) is 22.4. The molecule has 10 nitrogen and oxygen atoms in total. The number of amides is 1. The molecule has 0 aliphatic heterocycles. The lowest BCUT2D eigenvalue weighted by atomic mass is 10.2. The molecule has 0 radical (unpaired) electrons. The fourth-order valence-corrected chi connectivity index (χ4v) is 3.09. The summed E-state index contributed by atoms with van der Waals surface area (Å²) in [6.07, 6.45) is -0.713. The fourth-order valence-electron chi connectivity index (χ4n) is 3.09. The first-order chi connectivity index (χ1) is 15.2. The molecule has 0 aromatic heterocycles. The lowest BCUT2D eigenvalue weighted by molar-refractivity contribution is -0.384. The first kappa shape index (κ1) is 30.1. The molecule has 0 spiro atoms. The van der Waals surface area contributed by atoms with Gasteiger partial charge in [0.2, 0.25) is 0 Å². The van der Waals surface area contributed by atoms with Gasteiger partial charge in [0, 0.05) is 43.0 Å². The third-order valence-electron chi connectivity index (χ3n) is 4.46. The van der Waals surface area contributed by atoms with Gasteiger partial charge in [-0.1, -0.05) is 6.92 Å². The van der Waals surface area contributed by atoms with Crippen LogP contribution in [0.1, 0.15) is 55.4 Å². The number of ether oxygens (including phenoxy) is 1. The highest BCUT2D eigenvalue weighted by Gasteiger charge is 2.23. The minimum absolute atomic E-state index is 0.0261. The van der Waals surface area contributed by atoms with Crippen LogP contribution in [0.15, 0.2) is 24.3 Å². The Bertz CT molecular complexity index is 736. The zero-order valence-electron chi connectivity index (χ0n) is 21.1. The number of non-ortho nitro benzene ring substituents is 1. The molecule has 10 heteroatoms. The molecular formula is C23H40N4O6. The minimum atomic E-state index is -1.14. The summed E-state index contributed by atoms with van der Waals surface area (Å²) in [5.74, 6) is -1.14. The number of carboxylic acid groups (broad SMARTS) is 1. The summed E-state index contributed by atoms with van der Waals surface area (Å²) < 4.78 is 5.17. The molecular weight excluding hydrogens is 428 g/mol. The van der Waals surface area contributed by atoms with Gasteiger partial charge in [-0.05, 0) is 67.1 Å². The van der Waals surface area contributed by atoms with E-state index in [1.165, 1.54) is 24.3 Å². The van der Waals surface area contributed by atoms with Gasteiger partial charge in [-0.25, -0.2) is 4.79 Å². The standard InChI is InChI=1S/C15H21N3O6.C8H19N/c1-15(2,3)24-14(21)17(10-13(19)20)9-8-16-11-4-6-12(7-5-11)18(22)23;1-6-9(7(2)3)8(4)5/h4-7,16H,8-10H2,1-3H3,(H,19,20);7-8H,6H2,1-5H3. The number of nitrogens with one attached hydrogen (secondary N) is 1. The molecule has 1 aromatic carbocycles. The van der Waals surface area contributed by atoms with E-state index in [1.807, 2.05) is 0 Å². The van der Waals surface area contributed by atoms with Gasteiger partial charge >= 0.3 is 12.1 Å². The molecule has 0 bridgehead atoms. The summed E-state index contributed by atoms with van der Waals surface area (Å²) in [4.78, 5) is 36.5. The molecule has 0 aliphatic carbocycles. The van der Waals surface area contributed by atoms with Gasteiger partial charge in [-0.15, -0.1) is 0 Å². The van der Waals surface area contributed by atoms with Crippen molar-refractivity contribution in [3.8, 4) is 0 Å². The third kappa shape index (κ3) is 13.3. The highest BCUT2D eigenvalue weighted by atomic mass is 16.6. The average molecular weight is 469 g/mol. The zero-order chi connectivity index (χ0) is 25.8. The number of anilines is 1. The van der Waals surface area contributed by atoms with Crippen LogP contribution in [-0.2, 0) is 9.53 Å². The summed E-state index contributed by atoms with van der Waals surface area (Å²) in [6.45, 7) is 17.3. The van der Waals surface area contributed by atoms with Crippen LogP contribution in [0.3, 0.4) is 0 Å². The van der Waals surface area contributed by atoms with Gasteiger partial charge in [0.1, 0.15) is 12.1 Å². The number of benzene rings is 1. The molecule has 33 heavy (non-hydrogen) atoms. The SMILES string of the molecule is CC(C)(C)OC(=O)N(CCNc1ccc([N+](=O)[O-])cc1)CC(=O)O.CCN(C(C)C)C(C)C. The Balaban J connectivity index is 0.000000960. The maximum Gasteiger partial charge on any atom is 0.410 e. The topological polar surface area (TPSA) is 125 Å². The molecule has 0 fully saturated rings. The highest BCUT2D eigenvalue weighted by molar-refractivity contribution is 5.77. The van der Waals surface area contributed by atoms with E-state index in [9.17, 15) is 19.7 Å². The van der Waals surface area contributed by atoms with Crippen LogP contribution in [0, 0.1) is 10.1 Å². The number of carbonyl (C=O) groups excluding carboxylic acids is 1. The number of nitro groups is 1. The van der Waals surface area contributed by atoms with Crippen molar-refractivity contribution in [1.82, 2.24) is 9.80 Å². The molecule has 0 saturated heterocycles. The van der Waals surface area contributed by atoms with E-state index in [4.69, 9.17) is 9.84 Å². The van der Waals surface area contributed by atoms with Crippen molar-refractivity contribution < 1.29 is 24.4 Å². The van der Waals surface area contributed by atoms with E-state index >= 15 is 0 Å². The Morgan fingerprint density at radius 2 is 1.64 bits per heavy atom. The number of hydrogen-bond donors (Lipinski definition) is 2. The number of hydrogen-bond acceptors (Lipinski definition) is 7. The average Bonchev–Trinajstić information content (AvgIpc) is 2.66. The molecule has 188 valence electrons. The number of rotatable bonds is 10. The van der Waals surface area contributed by atoms with E-state index in [0.717, 1.165) is 11.4 Å². The van der Waals surface area contributed by atoms with E-state index in [1.54, 1.807) is 20.8 Å². The molecule has 1 aromatic rings. The Hall–Kier alpha value is -2.88. The predicted octanol–water partition coefficient (Wildman–Crippen LogP) is 4.45. The number of nitrogens with zero attached hydrogens (tertiary/aromatic N) is 3. The zero-order valence-corrected chi connectivity index (χ0v) is 21.1. The van der Waals surface area contributed by atoms with Gasteiger partial charge in [0.15, 0.2) is 0 Å². The van der Waals surface area contributed by atoms with Crippen molar-refractivity contribution in [1.29, 1.82) is 0 Å². The van der Waals surface area contributed by atoms with Crippen LogP contribution in [0.2, 0.25) is 0 Å². The third-order valence-corrected chi connectivity index (χ3v) is 4.46. The normalized spacial score (nSPS) is 11.1. The van der Waals surface area contributed by atoms with Crippen LogP contribution in [0.4, 0.5) is 16.2 Å². The summed E-state index contributed by atoms with van der Waals surface area (Å²) in [7, 11) is 0. The van der Waals surface area contributed by atoms with E-state index in [-0.39, 0.29) is 18.8 Å². The molecule has 1 amide bonds. The van der Waals surface area contributed by atoms with Crippen LogP contribution >= 0.6 is 0 Å². The van der Waals surface area contributed by atoms with E-state index in [0.29, 0.717) is 17.8 Å². The highest BCUT2D eigenvalue weighted by Crippen LogP contribution is 2.15. The summed E-state index contributed by atoms with van der Waals surface area (Å²) >= 11 is 0. The number of nitro benzene ring substituents is 1. The maximum atomic E-state index is 12.0. The van der Waals surface area contributed by atoms with Crippen molar-refractivity contribution in [2.75, 3.05) is 31.5 Å². The van der Waals surface area contributed by atoms with Crippen molar-refractivity contribution in [3.63, 3.8) is 0 Å². The molecule has 1 rings (SSSR count). The van der Waals surface area contributed by atoms with Crippen molar-refractivity contribution in [2.45, 2.75) is 73.1 Å². The van der Waals surface area contributed by atoms with E-state index in [2.05, 4.69) is 44.8 Å². The Morgan fingerprint density at radius 1 is 1.12 bits per heavy atom. The van der Waals surface area contributed by atoms with E-state index < -0.39 is 29.1 Å². The van der Waals surface area contributed by atoms with Crippen LogP contribution < -0.4 is 5.32 Å². The summed E-state index contributed by atoms with van der Waals surface area (Å²) in [6, 6.07) is 7.15. The second-order valence-corrected chi connectivity index (χ2v) is 9.04. The van der Waals surface area contributed by atoms with Crippen molar-refractivity contribution in [3.05, 3.63) is 34.4 Å². The number of carbonyl (C=O) groups is 2. The van der Waals surface area contributed by atoms with Crippen molar-refractivity contribution >= 4 is 23.4 Å². The van der Waals surface area contributed by atoms with Gasteiger partial charge in [0.05, 0.1) is 4.92 Å². The lowest BCUT2D eigenvalue weighted by Crippen LogP contribution is -2.42. The summed E-state index contributed by atoms with van der Waals surface area (Å²) in [5.41, 5.74) is -0.124. The van der Waals surface area contributed by atoms with Crippen LogP contribution in [0.5, 0.6) is 0 Å². The lowest BCUT2D eigenvalue weighted by Gasteiger charge is -2.28. The smallest absolute Gasteiger partial charge is 0.410 e. The fraction of sp³-hybridized carbons (Fsp3) is 0.652. The molecule has 0 heterocycles. The van der Waals surface area contributed by atoms with Crippen LogP contribution in [-0.4, -0.2) is 75.8 Å².